The van der Waals surface area contributed by atoms with Crippen molar-refractivity contribution in [2.24, 2.45) is 4.99 Å². The summed E-state index contributed by atoms with van der Waals surface area (Å²) in [6, 6.07) is -0.302. The van der Waals surface area contributed by atoms with Gasteiger partial charge in [0.25, 0.3) is 0 Å². The fraction of sp³-hybridized carbons (Fsp3) is 0.895. The predicted molar refractivity (Wildman–Crippen MR) is 118 cm³/mol. The molecule has 0 bridgehead atoms. The van der Waals surface area contributed by atoms with Gasteiger partial charge in [0.2, 0.25) is 10.0 Å². The van der Waals surface area contributed by atoms with Gasteiger partial charge in [0.1, 0.15) is 11.3 Å². The van der Waals surface area contributed by atoms with E-state index in [0.717, 1.165) is 0 Å². The molecule has 0 aromatic heterocycles. The predicted octanol–water partition coefficient (Wildman–Crippen LogP) is 1.24. The third kappa shape index (κ3) is 8.27. The van der Waals surface area contributed by atoms with Crippen molar-refractivity contribution in [3.05, 3.63) is 0 Å². The normalized spacial score (nSPS) is 22.1. The van der Waals surface area contributed by atoms with Gasteiger partial charge >= 0.3 is 6.09 Å². The molecule has 1 heterocycles. The Morgan fingerprint density at radius 3 is 2.37 bits per heavy atom. The largest absolute Gasteiger partial charge is 0.444 e. The summed E-state index contributed by atoms with van der Waals surface area (Å²) in [5.74, 6) is 0.575. The van der Waals surface area contributed by atoms with Crippen LogP contribution in [0.25, 0.3) is 0 Å². The Kier molecular flexibility index (Phi) is 9.37. The summed E-state index contributed by atoms with van der Waals surface area (Å²) in [6.45, 7) is 16.2. The molecule has 11 heteroatoms. The number of amides is 1. The monoisotopic (exact) mass is 449 g/mol. The maximum Gasteiger partial charge on any atom is 0.412 e. The summed E-state index contributed by atoms with van der Waals surface area (Å²) in [6.07, 6.45) is -0.667. The Morgan fingerprint density at radius 2 is 1.83 bits per heavy atom. The molecule has 30 heavy (non-hydrogen) atoms. The maximum absolute atomic E-state index is 12.8. The van der Waals surface area contributed by atoms with Crippen LogP contribution in [0.1, 0.15) is 55.4 Å². The number of carbonyl (C=O) groups excluding carboxylic acids is 1. The Morgan fingerprint density at radius 1 is 1.20 bits per heavy atom. The van der Waals surface area contributed by atoms with Gasteiger partial charge in [-0.05, 0) is 55.4 Å². The second-order valence-electron chi connectivity index (χ2n) is 8.63. The molecule has 1 saturated heterocycles. The molecule has 0 radical (unpaired) electrons. The Bertz CT molecular complexity index is 703. The van der Waals surface area contributed by atoms with Crippen LogP contribution in [0.2, 0.25) is 0 Å². The van der Waals surface area contributed by atoms with Crippen LogP contribution in [-0.2, 0) is 19.5 Å². The lowest BCUT2D eigenvalue weighted by atomic mass is 10.1. The number of carbonyl (C=O) groups is 1. The molecule has 2 atom stereocenters. The van der Waals surface area contributed by atoms with Gasteiger partial charge in [0, 0.05) is 19.6 Å². The average Bonchev–Trinajstić information content (AvgIpc) is 2.82. The van der Waals surface area contributed by atoms with Crippen LogP contribution in [0.4, 0.5) is 4.79 Å². The van der Waals surface area contributed by atoms with Gasteiger partial charge in [0.15, 0.2) is 5.96 Å². The van der Waals surface area contributed by atoms with Gasteiger partial charge in [-0.25, -0.2) is 17.9 Å². The molecule has 1 aliphatic heterocycles. The van der Waals surface area contributed by atoms with Crippen LogP contribution in [-0.4, -0.2) is 80.8 Å². The van der Waals surface area contributed by atoms with Crippen molar-refractivity contribution in [2.45, 2.75) is 78.9 Å². The SMILES string of the molecule is CCNC(=NCC1C(C)OC(C)(C)N1C(=O)OC(C)(C)C)NCCNS(=O)(=O)CC. The number of hydrogen-bond acceptors (Lipinski definition) is 6. The quantitative estimate of drug-likeness (QED) is 0.290. The van der Waals surface area contributed by atoms with Crippen molar-refractivity contribution in [1.29, 1.82) is 0 Å². The van der Waals surface area contributed by atoms with Gasteiger partial charge in [-0.2, -0.15) is 0 Å². The van der Waals surface area contributed by atoms with E-state index in [1.165, 1.54) is 0 Å². The molecular formula is C19H39N5O5S. The fourth-order valence-corrected chi connectivity index (χ4v) is 3.73. The van der Waals surface area contributed by atoms with E-state index in [4.69, 9.17) is 9.47 Å². The van der Waals surface area contributed by atoms with E-state index in [1.54, 1.807) is 11.8 Å². The van der Waals surface area contributed by atoms with Crippen molar-refractivity contribution in [1.82, 2.24) is 20.3 Å². The van der Waals surface area contributed by atoms with Crippen LogP contribution < -0.4 is 15.4 Å². The molecule has 1 aliphatic rings. The molecule has 1 fully saturated rings. The van der Waals surface area contributed by atoms with Crippen molar-refractivity contribution in [3.63, 3.8) is 0 Å². The highest BCUT2D eigenvalue weighted by molar-refractivity contribution is 7.89. The number of sulfonamides is 1. The second-order valence-corrected chi connectivity index (χ2v) is 10.7. The number of ether oxygens (including phenoxy) is 2. The Balaban J connectivity index is 2.84. The minimum atomic E-state index is -3.23. The zero-order chi connectivity index (χ0) is 23.2. The minimum Gasteiger partial charge on any atom is -0.444 e. The molecule has 1 rings (SSSR count). The van der Waals surface area contributed by atoms with Crippen molar-refractivity contribution in [3.8, 4) is 0 Å². The Labute approximate surface area is 181 Å². The molecule has 3 N–H and O–H groups in total. The van der Waals surface area contributed by atoms with Gasteiger partial charge < -0.3 is 20.1 Å². The second kappa shape index (κ2) is 10.6. The van der Waals surface area contributed by atoms with Crippen LogP contribution >= 0.6 is 0 Å². The van der Waals surface area contributed by atoms with Gasteiger partial charge in [-0.1, -0.05) is 0 Å². The van der Waals surface area contributed by atoms with E-state index < -0.39 is 27.4 Å². The molecule has 2 unspecified atom stereocenters. The lowest BCUT2D eigenvalue weighted by molar-refractivity contribution is -0.0755. The molecule has 0 aromatic carbocycles. The van der Waals surface area contributed by atoms with E-state index in [1.807, 2.05) is 48.5 Å². The van der Waals surface area contributed by atoms with E-state index in [2.05, 4.69) is 20.3 Å². The molecule has 0 spiro atoms. The number of rotatable bonds is 8. The van der Waals surface area contributed by atoms with Crippen LogP contribution in [0.3, 0.4) is 0 Å². The Hall–Kier alpha value is -1.59. The van der Waals surface area contributed by atoms with E-state index in [9.17, 15) is 13.2 Å². The first kappa shape index (κ1) is 26.4. The maximum atomic E-state index is 12.8. The molecule has 0 aromatic rings. The summed E-state index contributed by atoms with van der Waals surface area (Å²) < 4.78 is 37.1. The molecule has 0 saturated carbocycles. The smallest absolute Gasteiger partial charge is 0.412 e. The zero-order valence-corrected chi connectivity index (χ0v) is 20.4. The summed E-state index contributed by atoms with van der Waals surface area (Å²) in [5.41, 5.74) is -1.43. The fourth-order valence-electron chi connectivity index (χ4n) is 3.11. The summed E-state index contributed by atoms with van der Waals surface area (Å²) in [5, 5.41) is 6.22. The minimum absolute atomic E-state index is 0.0387. The first-order chi connectivity index (χ1) is 13.7. The third-order valence-corrected chi connectivity index (χ3v) is 5.82. The average molecular weight is 450 g/mol. The van der Waals surface area contributed by atoms with Gasteiger partial charge in [0.05, 0.1) is 24.4 Å². The van der Waals surface area contributed by atoms with Crippen molar-refractivity contribution >= 4 is 22.1 Å². The van der Waals surface area contributed by atoms with Gasteiger partial charge in [-0.3, -0.25) is 9.89 Å². The number of nitrogens with one attached hydrogen (secondary N) is 3. The number of aliphatic imine (C=N–C) groups is 1. The summed E-state index contributed by atoms with van der Waals surface area (Å²) in [4.78, 5) is 19.0. The number of nitrogens with zero attached hydrogens (tertiary/aromatic N) is 2. The molecule has 1 amide bonds. The van der Waals surface area contributed by atoms with Crippen molar-refractivity contribution in [2.75, 3.05) is 31.9 Å². The van der Waals surface area contributed by atoms with E-state index in [-0.39, 0.29) is 24.4 Å². The lowest BCUT2D eigenvalue weighted by Crippen LogP contribution is -2.51. The lowest BCUT2D eigenvalue weighted by Gasteiger charge is -2.34. The first-order valence-corrected chi connectivity index (χ1v) is 12.1. The highest BCUT2D eigenvalue weighted by Crippen LogP contribution is 2.33. The number of guanidine groups is 1. The van der Waals surface area contributed by atoms with E-state index in [0.29, 0.717) is 25.6 Å². The van der Waals surface area contributed by atoms with Crippen LogP contribution in [0, 0.1) is 0 Å². The summed E-state index contributed by atoms with van der Waals surface area (Å²) >= 11 is 0. The van der Waals surface area contributed by atoms with Gasteiger partial charge in [-0.15, -0.1) is 0 Å². The molecular weight excluding hydrogens is 410 g/mol. The van der Waals surface area contributed by atoms with Crippen molar-refractivity contribution < 1.29 is 22.7 Å². The summed E-state index contributed by atoms with van der Waals surface area (Å²) in [7, 11) is -3.23. The molecule has 0 aliphatic carbocycles. The van der Waals surface area contributed by atoms with E-state index >= 15 is 0 Å². The third-order valence-electron chi connectivity index (χ3n) is 4.42. The standard InChI is InChI=1S/C19H39N5O5S/c1-9-20-16(21-11-12-23-30(26,27)10-2)22-13-15-14(3)28-19(7,8)24(15)17(25)29-18(4,5)6/h14-15,23H,9-13H2,1-8H3,(H2,20,21,22). The first-order valence-electron chi connectivity index (χ1n) is 10.4. The zero-order valence-electron chi connectivity index (χ0n) is 19.5. The van der Waals surface area contributed by atoms with Crippen LogP contribution in [0.15, 0.2) is 4.99 Å². The topological polar surface area (TPSA) is 121 Å². The molecule has 10 nitrogen and oxygen atoms in total. The molecule has 176 valence electrons. The van der Waals surface area contributed by atoms with Crippen LogP contribution in [0.5, 0.6) is 0 Å². The highest BCUT2D eigenvalue weighted by Gasteiger charge is 2.49. The highest BCUT2D eigenvalue weighted by atomic mass is 32.2. The number of hydrogen-bond donors (Lipinski definition) is 3.